The van der Waals surface area contributed by atoms with Crippen LogP contribution >= 0.6 is 0 Å². The number of aliphatic hydroxyl groups is 1. The maximum atomic E-state index is 11.4. The lowest BCUT2D eigenvalue weighted by Crippen LogP contribution is -2.42. The number of methoxy groups -OCH3 is 1. The van der Waals surface area contributed by atoms with Gasteiger partial charge in [0.05, 0.1) is 13.7 Å². The van der Waals surface area contributed by atoms with Gasteiger partial charge in [0.15, 0.2) is 0 Å². The summed E-state index contributed by atoms with van der Waals surface area (Å²) in [5, 5.41) is 9.17. The van der Waals surface area contributed by atoms with Gasteiger partial charge in [-0.1, -0.05) is 30.3 Å². The Morgan fingerprint density at radius 1 is 1.39 bits per heavy atom. The number of hydrogen-bond donors (Lipinski definition) is 1. The molecule has 0 fully saturated rings. The molecule has 0 aromatic heterocycles. The molecule has 1 N–H and O–H groups in total. The van der Waals surface area contributed by atoms with Gasteiger partial charge in [0.25, 0.3) is 0 Å². The van der Waals surface area contributed by atoms with E-state index >= 15 is 0 Å². The van der Waals surface area contributed by atoms with E-state index in [-0.39, 0.29) is 12.6 Å². The number of nitrogens with zero attached hydrogens (tertiary/aromatic N) is 1. The lowest BCUT2D eigenvalue weighted by Gasteiger charge is -2.23. The molecule has 0 aliphatic heterocycles. The van der Waals surface area contributed by atoms with E-state index in [1.54, 1.807) is 0 Å². The minimum absolute atomic E-state index is 0.214. The molecule has 0 bridgehead atoms. The molecule has 4 heteroatoms. The van der Waals surface area contributed by atoms with Gasteiger partial charge in [0.2, 0.25) is 0 Å². The lowest BCUT2D eigenvalue weighted by molar-refractivity contribution is -0.147. The Morgan fingerprint density at radius 3 is 2.61 bits per heavy atom. The fraction of sp³-hybridized carbons (Fsp3) is 0.500. The third-order valence-electron chi connectivity index (χ3n) is 3.00. The molecule has 0 amide bonds. The van der Waals surface area contributed by atoms with Crippen molar-refractivity contribution in [3.05, 3.63) is 35.9 Å². The Morgan fingerprint density at radius 2 is 2.06 bits per heavy atom. The predicted octanol–water partition coefficient (Wildman–Crippen LogP) is 1.08. The van der Waals surface area contributed by atoms with Crippen molar-refractivity contribution in [2.24, 2.45) is 0 Å². The van der Waals surface area contributed by atoms with Gasteiger partial charge in [0, 0.05) is 0 Å². The number of carbonyl (C=O) groups excluding carboxylic acids is 1. The summed E-state index contributed by atoms with van der Waals surface area (Å²) in [4.78, 5) is 13.2. The monoisotopic (exact) mass is 251 g/mol. The predicted molar refractivity (Wildman–Crippen MR) is 70.3 cm³/mol. The van der Waals surface area contributed by atoms with Gasteiger partial charge in [-0.15, -0.1) is 0 Å². The van der Waals surface area contributed by atoms with Crippen LogP contribution in [0.5, 0.6) is 0 Å². The number of aryl methyl sites for hydroxylation is 1. The molecule has 0 spiro atoms. The van der Waals surface area contributed by atoms with Gasteiger partial charge in [0.1, 0.15) is 6.04 Å². The molecule has 0 radical (unpaired) electrons. The second kappa shape index (κ2) is 7.84. The number of rotatable bonds is 7. The fourth-order valence-corrected chi connectivity index (χ4v) is 1.86. The van der Waals surface area contributed by atoms with E-state index in [9.17, 15) is 9.90 Å². The van der Waals surface area contributed by atoms with Crippen molar-refractivity contribution in [1.29, 1.82) is 0 Å². The maximum absolute atomic E-state index is 11.4. The molecule has 0 saturated carbocycles. The molecule has 0 aliphatic rings. The number of aliphatic hydroxyl groups excluding tert-OH is 1. The van der Waals surface area contributed by atoms with Crippen LogP contribution in [0.3, 0.4) is 0 Å². The van der Waals surface area contributed by atoms with Crippen LogP contribution in [-0.4, -0.2) is 49.3 Å². The highest BCUT2D eigenvalue weighted by Gasteiger charge is 2.22. The average Bonchev–Trinajstić information content (AvgIpc) is 2.40. The number of likely N-dealkylation sites (N-methyl/N-ethyl adjacent to an activating group) is 1. The molecule has 18 heavy (non-hydrogen) atoms. The summed E-state index contributed by atoms with van der Waals surface area (Å²) in [6, 6.07) is 9.64. The molecular weight excluding hydrogens is 230 g/mol. The molecular formula is C14H21NO3. The van der Waals surface area contributed by atoms with Crippen molar-refractivity contribution in [3.63, 3.8) is 0 Å². The minimum atomic E-state index is -0.564. The third kappa shape index (κ3) is 4.47. The van der Waals surface area contributed by atoms with Crippen molar-refractivity contribution >= 4 is 5.97 Å². The zero-order valence-corrected chi connectivity index (χ0v) is 11.0. The normalized spacial score (nSPS) is 12.4. The lowest BCUT2D eigenvalue weighted by atomic mass is 10.1. The molecule has 1 aromatic rings. The number of carbonyl (C=O) groups is 1. The van der Waals surface area contributed by atoms with E-state index in [0.717, 1.165) is 19.4 Å². The second-order valence-corrected chi connectivity index (χ2v) is 4.29. The summed E-state index contributed by atoms with van der Waals surface area (Å²) in [5.74, 6) is -0.389. The number of esters is 1. The van der Waals surface area contributed by atoms with E-state index < -0.39 is 6.04 Å². The van der Waals surface area contributed by atoms with Gasteiger partial charge in [-0.05, 0) is 32.0 Å². The highest BCUT2D eigenvalue weighted by atomic mass is 16.5. The van der Waals surface area contributed by atoms with Crippen LogP contribution in [0.25, 0.3) is 0 Å². The first-order valence-electron chi connectivity index (χ1n) is 6.12. The van der Waals surface area contributed by atoms with E-state index in [0.29, 0.717) is 0 Å². The Kier molecular flexibility index (Phi) is 6.39. The van der Waals surface area contributed by atoms with E-state index in [1.165, 1.54) is 12.7 Å². The van der Waals surface area contributed by atoms with Crippen molar-refractivity contribution in [3.8, 4) is 0 Å². The van der Waals surface area contributed by atoms with Crippen molar-refractivity contribution in [1.82, 2.24) is 4.90 Å². The van der Waals surface area contributed by atoms with E-state index in [1.807, 2.05) is 30.1 Å². The molecule has 0 saturated heterocycles. The van der Waals surface area contributed by atoms with Crippen LogP contribution in [0, 0.1) is 0 Å². The van der Waals surface area contributed by atoms with E-state index in [4.69, 9.17) is 0 Å². The molecule has 1 aromatic carbocycles. The standard InChI is InChI=1S/C14H21NO3/c1-15(13(11-16)14(17)18-2)10-6-9-12-7-4-3-5-8-12/h3-5,7-8,13,16H,6,9-11H2,1-2H3. The van der Waals surface area contributed by atoms with Crippen LogP contribution in [-0.2, 0) is 16.0 Å². The third-order valence-corrected chi connectivity index (χ3v) is 3.00. The first-order chi connectivity index (χ1) is 8.69. The number of ether oxygens (including phenoxy) is 1. The largest absolute Gasteiger partial charge is 0.468 e. The fourth-order valence-electron chi connectivity index (χ4n) is 1.86. The van der Waals surface area contributed by atoms with Gasteiger partial charge in [-0.25, -0.2) is 0 Å². The summed E-state index contributed by atoms with van der Waals surface area (Å²) in [7, 11) is 3.16. The number of hydrogen-bond acceptors (Lipinski definition) is 4. The molecule has 1 unspecified atom stereocenters. The topological polar surface area (TPSA) is 49.8 Å². The summed E-state index contributed by atoms with van der Waals surface area (Å²) in [5.41, 5.74) is 1.28. The zero-order chi connectivity index (χ0) is 13.4. The zero-order valence-electron chi connectivity index (χ0n) is 11.0. The molecule has 1 rings (SSSR count). The van der Waals surface area contributed by atoms with Crippen LogP contribution in [0.4, 0.5) is 0 Å². The molecule has 1 atom stereocenters. The summed E-state index contributed by atoms with van der Waals surface area (Å²) in [6.07, 6.45) is 1.90. The van der Waals surface area contributed by atoms with Gasteiger partial charge in [-0.2, -0.15) is 0 Å². The highest BCUT2D eigenvalue weighted by Crippen LogP contribution is 2.05. The molecule has 4 nitrogen and oxygen atoms in total. The average molecular weight is 251 g/mol. The number of benzene rings is 1. The Hall–Kier alpha value is -1.39. The van der Waals surface area contributed by atoms with Crippen molar-refractivity contribution in [2.75, 3.05) is 27.3 Å². The SMILES string of the molecule is COC(=O)C(CO)N(C)CCCc1ccccc1. The summed E-state index contributed by atoms with van der Waals surface area (Å²) < 4.78 is 4.65. The Labute approximate surface area is 108 Å². The second-order valence-electron chi connectivity index (χ2n) is 4.29. The van der Waals surface area contributed by atoms with Crippen molar-refractivity contribution in [2.45, 2.75) is 18.9 Å². The summed E-state index contributed by atoms with van der Waals surface area (Å²) >= 11 is 0. The van der Waals surface area contributed by atoms with E-state index in [2.05, 4.69) is 16.9 Å². The Balaban J connectivity index is 2.36. The van der Waals surface area contributed by atoms with Crippen LogP contribution < -0.4 is 0 Å². The minimum Gasteiger partial charge on any atom is -0.468 e. The van der Waals surface area contributed by atoms with Gasteiger partial charge < -0.3 is 9.84 Å². The smallest absolute Gasteiger partial charge is 0.325 e. The maximum Gasteiger partial charge on any atom is 0.325 e. The van der Waals surface area contributed by atoms with Crippen LogP contribution in [0.15, 0.2) is 30.3 Å². The molecule has 0 aliphatic carbocycles. The van der Waals surface area contributed by atoms with Crippen LogP contribution in [0.1, 0.15) is 12.0 Å². The summed E-state index contributed by atoms with van der Waals surface area (Å²) in [6.45, 7) is 0.531. The molecule has 0 heterocycles. The van der Waals surface area contributed by atoms with Gasteiger partial charge in [-0.3, -0.25) is 9.69 Å². The molecule has 100 valence electrons. The van der Waals surface area contributed by atoms with Gasteiger partial charge >= 0.3 is 5.97 Å². The highest BCUT2D eigenvalue weighted by molar-refractivity contribution is 5.75. The quantitative estimate of drug-likeness (QED) is 0.737. The Bertz CT molecular complexity index is 353. The first-order valence-corrected chi connectivity index (χ1v) is 6.12. The first kappa shape index (κ1) is 14.7. The van der Waals surface area contributed by atoms with Crippen LogP contribution in [0.2, 0.25) is 0 Å². The van der Waals surface area contributed by atoms with Crippen molar-refractivity contribution < 1.29 is 14.6 Å².